The van der Waals surface area contributed by atoms with Gasteiger partial charge in [0.25, 0.3) is 5.91 Å². The van der Waals surface area contributed by atoms with Crippen LogP contribution in [0.1, 0.15) is 21.5 Å². The Bertz CT molecular complexity index is 785. The zero-order chi connectivity index (χ0) is 14.8. The predicted molar refractivity (Wildman–Crippen MR) is 85.3 cm³/mol. The minimum absolute atomic E-state index is 0.0389. The van der Waals surface area contributed by atoms with Gasteiger partial charge in [0.2, 0.25) is 0 Å². The third-order valence-electron chi connectivity index (χ3n) is 3.72. The average molecular weight is 278 g/mol. The van der Waals surface area contributed by atoms with Crippen LogP contribution < -0.4 is 5.32 Å². The van der Waals surface area contributed by atoms with Crippen molar-refractivity contribution in [1.29, 1.82) is 0 Å². The maximum absolute atomic E-state index is 12.4. The molecule has 0 spiro atoms. The molecule has 0 saturated carbocycles. The van der Waals surface area contributed by atoms with E-state index in [0.29, 0.717) is 12.1 Å². The van der Waals surface area contributed by atoms with Gasteiger partial charge >= 0.3 is 0 Å². The molecule has 1 aromatic heterocycles. The molecule has 3 rings (SSSR count). The maximum atomic E-state index is 12.4. The summed E-state index contributed by atoms with van der Waals surface area (Å²) < 4.78 is 1.98. The number of fused-ring (bicyclic) bond motifs is 1. The molecular formula is C18H18N2O. The fraction of sp³-hybridized carbons (Fsp3) is 0.167. The molecule has 0 atom stereocenters. The van der Waals surface area contributed by atoms with E-state index in [1.165, 1.54) is 5.56 Å². The summed E-state index contributed by atoms with van der Waals surface area (Å²) >= 11 is 0. The number of nitrogens with one attached hydrogen (secondary N) is 1. The van der Waals surface area contributed by atoms with E-state index >= 15 is 0 Å². The molecular weight excluding hydrogens is 260 g/mol. The van der Waals surface area contributed by atoms with E-state index in [4.69, 9.17) is 0 Å². The second-order valence-corrected chi connectivity index (χ2v) is 5.34. The minimum atomic E-state index is -0.0389. The van der Waals surface area contributed by atoms with Gasteiger partial charge in [-0.05, 0) is 24.6 Å². The van der Waals surface area contributed by atoms with Gasteiger partial charge in [-0.3, -0.25) is 4.79 Å². The molecule has 0 fully saturated rings. The third kappa shape index (κ3) is 2.68. The summed E-state index contributed by atoms with van der Waals surface area (Å²) in [4.78, 5) is 12.4. The van der Waals surface area contributed by atoms with Crippen molar-refractivity contribution in [2.24, 2.45) is 7.05 Å². The van der Waals surface area contributed by atoms with Gasteiger partial charge < -0.3 is 9.88 Å². The van der Waals surface area contributed by atoms with Crippen LogP contribution in [-0.2, 0) is 13.6 Å². The second kappa shape index (κ2) is 5.44. The normalized spacial score (nSPS) is 10.8. The van der Waals surface area contributed by atoms with Crippen LogP contribution >= 0.6 is 0 Å². The molecule has 1 amide bonds. The van der Waals surface area contributed by atoms with Crippen molar-refractivity contribution >= 4 is 16.8 Å². The number of para-hydroxylation sites is 1. The monoisotopic (exact) mass is 278 g/mol. The number of amides is 1. The van der Waals surface area contributed by atoms with Crippen molar-refractivity contribution in [2.45, 2.75) is 13.5 Å². The van der Waals surface area contributed by atoms with Crippen molar-refractivity contribution < 1.29 is 4.79 Å². The molecule has 0 aliphatic carbocycles. The zero-order valence-corrected chi connectivity index (χ0v) is 12.3. The number of aromatic nitrogens is 1. The number of rotatable bonds is 3. The molecule has 3 aromatic rings. The van der Waals surface area contributed by atoms with E-state index < -0.39 is 0 Å². The smallest absolute Gasteiger partial charge is 0.253 e. The first-order valence-corrected chi connectivity index (χ1v) is 7.03. The lowest BCUT2D eigenvalue weighted by atomic mass is 10.1. The SMILES string of the molecule is Cc1ccc(CNC(=O)c2cccc3ccn(C)c23)cc1. The fourth-order valence-electron chi connectivity index (χ4n) is 2.52. The van der Waals surface area contributed by atoms with Crippen LogP contribution in [0.4, 0.5) is 0 Å². The number of aryl methyl sites for hydroxylation is 2. The highest BCUT2D eigenvalue weighted by molar-refractivity contribution is 6.05. The van der Waals surface area contributed by atoms with Gasteiger partial charge in [-0.1, -0.05) is 42.0 Å². The lowest BCUT2D eigenvalue weighted by molar-refractivity contribution is 0.0952. The summed E-state index contributed by atoms with van der Waals surface area (Å²) in [6, 6.07) is 16.0. The highest BCUT2D eigenvalue weighted by Crippen LogP contribution is 2.19. The number of carbonyl (C=O) groups is 1. The molecule has 3 heteroatoms. The van der Waals surface area contributed by atoms with Gasteiger partial charge in [0.15, 0.2) is 0 Å². The third-order valence-corrected chi connectivity index (χ3v) is 3.72. The van der Waals surface area contributed by atoms with E-state index in [0.717, 1.165) is 16.5 Å². The molecule has 0 unspecified atom stereocenters. The van der Waals surface area contributed by atoms with Crippen molar-refractivity contribution in [3.8, 4) is 0 Å². The van der Waals surface area contributed by atoms with Gasteiger partial charge in [-0.15, -0.1) is 0 Å². The number of benzene rings is 2. The Morgan fingerprint density at radius 1 is 1.10 bits per heavy atom. The van der Waals surface area contributed by atoms with Crippen LogP contribution in [0.3, 0.4) is 0 Å². The van der Waals surface area contributed by atoms with E-state index in [-0.39, 0.29) is 5.91 Å². The molecule has 21 heavy (non-hydrogen) atoms. The van der Waals surface area contributed by atoms with Crippen LogP contribution in [-0.4, -0.2) is 10.5 Å². The van der Waals surface area contributed by atoms with Crippen molar-refractivity contribution in [2.75, 3.05) is 0 Å². The topological polar surface area (TPSA) is 34.0 Å². The zero-order valence-electron chi connectivity index (χ0n) is 12.3. The Kier molecular flexibility index (Phi) is 3.48. The lowest BCUT2D eigenvalue weighted by Gasteiger charge is -2.08. The molecule has 1 N–H and O–H groups in total. The predicted octanol–water partition coefficient (Wildman–Crippen LogP) is 3.42. The fourth-order valence-corrected chi connectivity index (χ4v) is 2.52. The van der Waals surface area contributed by atoms with Gasteiger partial charge in [0.1, 0.15) is 0 Å². The standard InChI is InChI=1S/C18H18N2O/c1-13-6-8-14(9-7-13)12-19-18(21)16-5-3-4-15-10-11-20(2)17(15)16/h3-11H,12H2,1-2H3,(H,19,21). The lowest BCUT2D eigenvalue weighted by Crippen LogP contribution is -2.23. The Balaban J connectivity index is 1.81. The maximum Gasteiger partial charge on any atom is 0.253 e. The van der Waals surface area contributed by atoms with Gasteiger partial charge in [-0.25, -0.2) is 0 Å². The van der Waals surface area contributed by atoms with Gasteiger partial charge in [-0.2, -0.15) is 0 Å². The molecule has 0 radical (unpaired) electrons. The molecule has 1 heterocycles. The number of hydrogen-bond donors (Lipinski definition) is 1. The van der Waals surface area contributed by atoms with Crippen LogP contribution in [0.2, 0.25) is 0 Å². The first kappa shape index (κ1) is 13.4. The number of carbonyl (C=O) groups excluding carboxylic acids is 1. The molecule has 0 bridgehead atoms. The average Bonchev–Trinajstić information content (AvgIpc) is 2.88. The number of nitrogens with zero attached hydrogens (tertiary/aromatic N) is 1. The van der Waals surface area contributed by atoms with Crippen molar-refractivity contribution in [3.05, 3.63) is 71.4 Å². The Hall–Kier alpha value is -2.55. The summed E-state index contributed by atoms with van der Waals surface area (Å²) in [5.74, 6) is -0.0389. The summed E-state index contributed by atoms with van der Waals surface area (Å²) in [7, 11) is 1.96. The van der Waals surface area contributed by atoms with Crippen molar-refractivity contribution in [3.63, 3.8) is 0 Å². The molecule has 2 aromatic carbocycles. The largest absolute Gasteiger partial charge is 0.350 e. The Labute approximate surface area is 124 Å². The van der Waals surface area contributed by atoms with E-state index in [9.17, 15) is 4.79 Å². The van der Waals surface area contributed by atoms with Crippen LogP contribution in [0.5, 0.6) is 0 Å². The Morgan fingerprint density at radius 3 is 2.62 bits per heavy atom. The summed E-state index contributed by atoms with van der Waals surface area (Å²) in [5.41, 5.74) is 4.01. The van der Waals surface area contributed by atoms with Crippen LogP contribution in [0, 0.1) is 6.92 Å². The first-order valence-electron chi connectivity index (χ1n) is 7.03. The highest BCUT2D eigenvalue weighted by atomic mass is 16.1. The van der Waals surface area contributed by atoms with Gasteiger partial charge in [0.05, 0.1) is 11.1 Å². The van der Waals surface area contributed by atoms with E-state index in [1.54, 1.807) is 0 Å². The molecule has 3 nitrogen and oxygen atoms in total. The molecule has 0 aliphatic heterocycles. The highest BCUT2D eigenvalue weighted by Gasteiger charge is 2.11. The quantitative estimate of drug-likeness (QED) is 0.782. The van der Waals surface area contributed by atoms with Crippen LogP contribution in [0.25, 0.3) is 10.9 Å². The summed E-state index contributed by atoms with van der Waals surface area (Å²) in [6.45, 7) is 2.60. The van der Waals surface area contributed by atoms with Gasteiger partial charge in [0, 0.05) is 25.2 Å². The van der Waals surface area contributed by atoms with E-state index in [2.05, 4.69) is 24.4 Å². The summed E-state index contributed by atoms with van der Waals surface area (Å²) in [5, 5.41) is 4.08. The minimum Gasteiger partial charge on any atom is -0.350 e. The molecule has 0 aliphatic rings. The molecule has 106 valence electrons. The van der Waals surface area contributed by atoms with E-state index in [1.807, 2.05) is 54.2 Å². The summed E-state index contributed by atoms with van der Waals surface area (Å²) in [6.07, 6.45) is 1.97. The van der Waals surface area contributed by atoms with Crippen LogP contribution in [0.15, 0.2) is 54.7 Å². The second-order valence-electron chi connectivity index (χ2n) is 5.34. The Morgan fingerprint density at radius 2 is 1.86 bits per heavy atom. The first-order chi connectivity index (χ1) is 10.1. The molecule has 0 saturated heterocycles. The van der Waals surface area contributed by atoms with Crippen molar-refractivity contribution in [1.82, 2.24) is 9.88 Å². The number of hydrogen-bond acceptors (Lipinski definition) is 1.